The molecule has 1 heteroatoms. The molecule has 0 aromatic heterocycles. The van der Waals surface area contributed by atoms with Gasteiger partial charge in [-0.2, -0.15) is 0 Å². The zero-order chi connectivity index (χ0) is 14.4. The number of nitrogens with one attached hydrogen (secondary N) is 1. The van der Waals surface area contributed by atoms with Crippen LogP contribution in [0, 0.1) is 0 Å². The van der Waals surface area contributed by atoms with Crippen molar-refractivity contribution in [2.45, 2.75) is 32.4 Å². The second kappa shape index (κ2) is 7.06. The predicted molar refractivity (Wildman–Crippen MR) is 87.7 cm³/mol. The van der Waals surface area contributed by atoms with E-state index in [1.54, 1.807) is 0 Å². The monoisotopic (exact) mass is 265 g/mol. The Hall–Kier alpha value is -1.86. The topological polar surface area (TPSA) is 12.0 Å². The SMILES string of the molecule is C=CCC(C)NC(C)c1ccc(-c2ccccc2)cc1. The molecule has 20 heavy (non-hydrogen) atoms. The predicted octanol–water partition coefficient (Wildman–Crippen LogP) is 4.97. The van der Waals surface area contributed by atoms with Crippen LogP contribution < -0.4 is 5.32 Å². The van der Waals surface area contributed by atoms with Crippen molar-refractivity contribution in [3.05, 3.63) is 72.8 Å². The van der Waals surface area contributed by atoms with Gasteiger partial charge in [0.25, 0.3) is 0 Å². The van der Waals surface area contributed by atoms with Crippen molar-refractivity contribution in [3.63, 3.8) is 0 Å². The Labute approximate surface area is 122 Å². The van der Waals surface area contributed by atoms with E-state index in [9.17, 15) is 0 Å². The summed E-state index contributed by atoms with van der Waals surface area (Å²) in [6.45, 7) is 8.18. The molecule has 2 aromatic carbocycles. The average molecular weight is 265 g/mol. The van der Waals surface area contributed by atoms with E-state index in [0.717, 1.165) is 6.42 Å². The van der Waals surface area contributed by atoms with Crippen LogP contribution in [0.2, 0.25) is 0 Å². The molecule has 104 valence electrons. The van der Waals surface area contributed by atoms with Crippen LogP contribution in [0.1, 0.15) is 31.9 Å². The molecule has 1 nitrogen and oxygen atoms in total. The lowest BCUT2D eigenvalue weighted by Gasteiger charge is -2.19. The number of rotatable bonds is 6. The first kappa shape index (κ1) is 14.5. The Morgan fingerprint density at radius 1 is 0.950 bits per heavy atom. The minimum Gasteiger partial charge on any atom is -0.307 e. The maximum absolute atomic E-state index is 3.79. The summed E-state index contributed by atoms with van der Waals surface area (Å²) in [4.78, 5) is 0. The lowest BCUT2D eigenvalue weighted by molar-refractivity contribution is 0.482. The Kier molecular flexibility index (Phi) is 5.14. The first-order valence-corrected chi connectivity index (χ1v) is 7.23. The van der Waals surface area contributed by atoms with Gasteiger partial charge in [0.2, 0.25) is 0 Å². The molecule has 0 fully saturated rings. The fraction of sp³-hybridized carbons (Fsp3) is 0.263. The van der Waals surface area contributed by atoms with E-state index < -0.39 is 0 Å². The van der Waals surface area contributed by atoms with Crippen molar-refractivity contribution in [2.24, 2.45) is 0 Å². The largest absolute Gasteiger partial charge is 0.307 e. The quantitative estimate of drug-likeness (QED) is 0.727. The Morgan fingerprint density at radius 3 is 2.15 bits per heavy atom. The highest BCUT2D eigenvalue weighted by Gasteiger charge is 2.08. The second-order valence-corrected chi connectivity index (χ2v) is 5.30. The third kappa shape index (κ3) is 3.82. The van der Waals surface area contributed by atoms with Crippen molar-refractivity contribution >= 4 is 0 Å². The fourth-order valence-electron chi connectivity index (χ4n) is 2.44. The van der Waals surface area contributed by atoms with Crippen LogP contribution in [-0.4, -0.2) is 6.04 Å². The summed E-state index contributed by atoms with van der Waals surface area (Å²) in [5.74, 6) is 0. The van der Waals surface area contributed by atoms with Gasteiger partial charge in [0.05, 0.1) is 0 Å². The summed E-state index contributed by atoms with van der Waals surface area (Å²) in [6, 6.07) is 20.1. The molecule has 0 saturated carbocycles. The minimum absolute atomic E-state index is 0.356. The van der Waals surface area contributed by atoms with E-state index in [-0.39, 0.29) is 0 Å². The molecule has 0 heterocycles. The highest BCUT2D eigenvalue weighted by Crippen LogP contribution is 2.22. The van der Waals surface area contributed by atoms with Gasteiger partial charge in [-0.05, 0) is 37.0 Å². The van der Waals surface area contributed by atoms with Gasteiger partial charge in [-0.25, -0.2) is 0 Å². The van der Waals surface area contributed by atoms with E-state index in [4.69, 9.17) is 0 Å². The van der Waals surface area contributed by atoms with Gasteiger partial charge in [0.15, 0.2) is 0 Å². The average Bonchev–Trinajstić information content (AvgIpc) is 2.48. The van der Waals surface area contributed by atoms with Gasteiger partial charge in [-0.15, -0.1) is 6.58 Å². The summed E-state index contributed by atoms with van der Waals surface area (Å²) in [6.07, 6.45) is 2.95. The normalized spacial score (nSPS) is 13.7. The molecular formula is C19H23N. The van der Waals surface area contributed by atoms with Gasteiger partial charge >= 0.3 is 0 Å². The van der Waals surface area contributed by atoms with Crippen molar-refractivity contribution in [3.8, 4) is 11.1 Å². The Balaban J connectivity index is 2.06. The smallest absolute Gasteiger partial charge is 0.0294 e. The van der Waals surface area contributed by atoms with E-state index in [2.05, 4.69) is 74.3 Å². The maximum Gasteiger partial charge on any atom is 0.0294 e. The zero-order valence-electron chi connectivity index (χ0n) is 12.3. The number of hydrogen-bond donors (Lipinski definition) is 1. The first-order chi connectivity index (χ1) is 9.70. The summed E-state index contributed by atoms with van der Waals surface area (Å²) >= 11 is 0. The summed E-state index contributed by atoms with van der Waals surface area (Å²) in [5, 5.41) is 3.59. The molecular weight excluding hydrogens is 242 g/mol. The third-order valence-corrected chi connectivity index (χ3v) is 3.57. The summed E-state index contributed by atoms with van der Waals surface area (Å²) in [7, 11) is 0. The van der Waals surface area contributed by atoms with Crippen molar-refractivity contribution in [1.82, 2.24) is 5.32 Å². The number of hydrogen-bond acceptors (Lipinski definition) is 1. The molecule has 0 spiro atoms. The lowest BCUT2D eigenvalue weighted by Crippen LogP contribution is -2.28. The highest BCUT2D eigenvalue weighted by atomic mass is 14.9. The highest BCUT2D eigenvalue weighted by molar-refractivity contribution is 5.63. The molecule has 2 rings (SSSR count). The van der Waals surface area contributed by atoms with Crippen LogP contribution in [0.3, 0.4) is 0 Å². The molecule has 0 saturated heterocycles. The Morgan fingerprint density at radius 2 is 1.55 bits per heavy atom. The third-order valence-electron chi connectivity index (χ3n) is 3.57. The molecule has 0 aliphatic rings. The van der Waals surface area contributed by atoms with E-state index in [1.165, 1.54) is 16.7 Å². The molecule has 2 unspecified atom stereocenters. The second-order valence-electron chi connectivity index (χ2n) is 5.30. The lowest BCUT2D eigenvalue weighted by atomic mass is 10.0. The summed E-state index contributed by atoms with van der Waals surface area (Å²) in [5.41, 5.74) is 3.85. The van der Waals surface area contributed by atoms with Gasteiger partial charge in [-0.1, -0.05) is 60.7 Å². The first-order valence-electron chi connectivity index (χ1n) is 7.23. The zero-order valence-corrected chi connectivity index (χ0v) is 12.3. The fourth-order valence-corrected chi connectivity index (χ4v) is 2.44. The van der Waals surface area contributed by atoms with Gasteiger partial charge < -0.3 is 5.32 Å². The van der Waals surface area contributed by atoms with Crippen LogP contribution >= 0.6 is 0 Å². The van der Waals surface area contributed by atoms with E-state index in [0.29, 0.717) is 12.1 Å². The van der Waals surface area contributed by atoms with Crippen LogP contribution in [0.4, 0.5) is 0 Å². The molecule has 0 aliphatic heterocycles. The molecule has 2 aromatic rings. The van der Waals surface area contributed by atoms with Crippen molar-refractivity contribution in [1.29, 1.82) is 0 Å². The minimum atomic E-state index is 0.356. The van der Waals surface area contributed by atoms with Gasteiger partial charge in [0, 0.05) is 12.1 Å². The summed E-state index contributed by atoms with van der Waals surface area (Å²) < 4.78 is 0. The van der Waals surface area contributed by atoms with Gasteiger partial charge in [-0.3, -0.25) is 0 Å². The van der Waals surface area contributed by atoms with Crippen molar-refractivity contribution in [2.75, 3.05) is 0 Å². The standard InChI is InChI=1S/C19H23N/c1-4-8-15(2)20-16(3)17-11-13-19(14-12-17)18-9-6-5-7-10-18/h4-7,9-16,20H,1,8H2,2-3H3. The van der Waals surface area contributed by atoms with Gasteiger partial charge in [0.1, 0.15) is 0 Å². The molecule has 1 N–H and O–H groups in total. The van der Waals surface area contributed by atoms with Crippen molar-refractivity contribution < 1.29 is 0 Å². The molecule has 0 amide bonds. The van der Waals surface area contributed by atoms with E-state index in [1.807, 2.05) is 12.1 Å². The molecule has 0 radical (unpaired) electrons. The van der Waals surface area contributed by atoms with E-state index >= 15 is 0 Å². The molecule has 0 aliphatic carbocycles. The van der Waals surface area contributed by atoms with Crippen LogP contribution in [0.5, 0.6) is 0 Å². The molecule has 0 bridgehead atoms. The van der Waals surface area contributed by atoms with Crippen LogP contribution in [0.25, 0.3) is 11.1 Å². The Bertz CT molecular complexity index is 527. The van der Waals surface area contributed by atoms with Crippen LogP contribution in [0.15, 0.2) is 67.3 Å². The number of benzene rings is 2. The van der Waals surface area contributed by atoms with Crippen LogP contribution in [-0.2, 0) is 0 Å². The maximum atomic E-state index is 3.79. The molecule has 2 atom stereocenters.